The third kappa shape index (κ3) is 3.13. The average molecular weight is 306 g/mol. The van der Waals surface area contributed by atoms with Crippen molar-refractivity contribution in [2.45, 2.75) is 0 Å². The number of benzene rings is 4. The second-order valence-electron chi connectivity index (χ2n) is 5.93. The zero-order chi connectivity index (χ0) is 16.2. The fourth-order valence-electron chi connectivity index (χ4n) is 2.92. The zero-order valence-corrected chi connectivity index (χ0v) is 13.4. The van der Waals surface area contributed by atoms with Crippen molar-refractivity contribution in [2.75, 3.05) is 0 Å². The first-order valence-corrected chi connectivity index (χ1v) is 8.21. The van der Waals surface area contributed by atoms with Crippen molar-refractivity contribution >= 4 is 22.9 Å². The maximum Gasteiger partial charge on any atom is -0.0178 e. The highest BCUT2D eigenvalue weighted by Gasteiger charge is 1.96. The van der Waals surface area contributed by atoms with Crippen molar-refractivity contribution in [3.63, 3.8) is 0 Å². The Hall–Kier alpha value is -3.12. The van der Waals surface area contributed by atoms with E-state index in [-0.39, 0.29) is 0 Å². The monoisotopic (exact) mass is 306 g/mol. The summed E-state index contributed by atoms with van der Waals surface area (Å²) >= 11 is 0. The molecule has 0 aliphatic heterocycles. The smallest absolute Gasteiger partial charge is 0.0178 e. The molecule has 0 heterocycles. The maximum absolute atomic E-state index is 2.23. The highest BCUT2D eigenvalue weighted by Crippen LogP contribution is 2.21. The molecule has 24 heavy (non-hydrogen) atoms. The van der Waals surface area contributed by atoms with Gasteiger partial charge < -0.3 is 0 Å². The van der Waals surface area contributed by atoms with E-state index in [0.717, 1.165) is 0 Å². The molecular formula is C24H18. The molecule has 0 bridgehead atoms. The van der Waals surface area contributed by atoms with E-state index < -0.39 is 0 Å². The molecule has 114 valence electrons. The quantitative estimate of drug-likeness (QED) is 0.370. The summed E-state index contributed by atoms with van der Waals surface area (Å²) in [5.41, 5.74) is 4.93. The highest BCUT2D eigenvalue weighted by atomic mass is 14.0. The Kier molecular flexibility index (Phi) is 3.95. The Balaban J connectivity index is 1.56. The van der Waals surface area contributed by atoms with E-state index in [2.05, 4.69) is 103 Å². The molecule has 0 atom stereocenters. The van der Waals surface area contributed by atoms with E-state index in [1.54, 1.807) is 0 Å². The van der Waals surface area contributed by atoms with Gasteiger partial charge >= 0.3 is 0 Å². The second-order valence-corrected chi connectivity index (χ2v) is 5.93. The molecule has 4 rings (SSSR count). The van der Waals surface area contributed by atoms with Crippen LogP contribution in [0.3, 0.4) is 0 Å². The van der Waals surface area contributed by atoms with Crippen LogP contribution in [-0.4, -0.2) is 0 Å². The van der Waals surface area contributed by atoms with Crippen LogP contribution in [0, 0.1) is 0 Å². The Bertz CT molecular complexity index is 977. The Morgan fingerprint density at radius 2 is 1.00 bits per heavy atom. The molecule has 0 unspecified atom stereocenters. The molecule has 0 spiro atoms. The summed E-state index contributed by atoms with van der Waals surface area (Å²) in [6, 6.07) is 34.2. The second kappa shape index (κ2) is 6.55. The molecule has 0 saturated carbocycles. The largest absolute Gasteiger partial charge is 0.0622 e. The van der Waals surface area contributed by atoms with Crippen LogP contribution in [0.25, 0.3) is 34.1 Å². The third-order valence-corrected chi connectivity index (χ3v) is 4.26. The molecule has 0 aromatic heterocycles. The molecular weight excluding hydrogens is 288 g/mol. The normalized spacial score (nSPS) is 11.2. The predicted octanol–water partition coefficient (Wildman–Crippen LogP) is 6.68. The molecule has 0 N–H and O–H groups in total. The Morgan fingerprint density at radius 3 is 1.79 bits per heavy atom. The molecule has 0 aliphatic carbocycles. The van der Waals surface area contributed by atoms with Crippen molar-refractivity contribution in [1.29, 1.82) is 0 Å². The maximum atomic E-state index is 2.23. The first-order valence-electron chi connectivity index (χ1n) is 8.21. The molecule has 0 amide bonds. The van der Waals surface area contributed by atoms with Crippen LogP contribution < -0.4 is 0 Å². The van der Waals surface area contributed by atoms with E-state index in [4.69, 9.17) is 0 Å². The SMILES string of the molecule is C(=C\c1ccc2ccccc2c1)/c1ccc(-c2ccccc2)cc1. The fourth-order valence-corrected chi connectivity index (χ4v) is 2.92. The van der Waals surface area contributed by atoms with Crippen molar-refractivity contribution < 1.29 is 0 Å². The van der Waals surface area contributed by atoms with Crippen molar-refractivity contribution in [3.05, 3.63) is 108 Å². The number of hydrogen-bond donors (Lipinski definition) is 0. The van der Waals surface area contributed by atoms with Gasteiger partial charge in [0.2, 0.25) is 0 Å². The lowest BCUT2D eigenvalue weighted by atomic mass is 10.0. The van der Waals surface area contributed by atoms with Gasteiger partial charge in [-0.25, -0.2) is 0 Å². The number of hydrogen-bond acceptors (Lipinski definition) is 0. The van der Waals surface area contributed by atoms with Crippen LogP contribution in [0.5, 0.6) is 0 Å². The van der Waals surface area contributed by atoms with Gasteiger partial charge in [0.25, 0.3) is 0 Å². The lowest BCUT2D eigenvalue weighted by Gasteiger charge is -2.02. The lowest BCUT2D eigenvalue weighted by molar-refractivity contribution is 1.60. The molecule has 0 nitrogen and oxygen atoms in total. The van der Waals surface area contributed by atoms with Crippen molar-refractivity contribution in [1.82, 2.24) is 0 Å². The van der Waals surface area contributed by atoms with Gasteiger partial charge in [-0.15, -0.1) is 0 Å². The van der Waals surface area contributed by atoms with Gasteiger partial charge in [0.1, 0.15) is 0 Å². The first kappa shape index (κ1) is 14.5. The van der Waals surface area contributed by atoms with Gasteiger partial charge in [-0.3, -0.25) is 0 Å². The average Bonchev–Trinajstić information content (AvgIpc) is 2.67. The minimum absolute atomic E-state index is 1.21. The van der Waals surface area contributed by atoms with Crippen LogP contribution in [0.4, 0.5) is 0 Å². The van der Waals surface area contributed by atoms with Crippen LogP contribution in [0.1, 0.15) is 11.1 Å². The zero-order valence-electron chi connectivity index (χ0n) is 13.4. The summed E-state index contributed by atoms with van der Waals surface area (Å²) < 4.78 is 0. The minimum atomic E-state index is 1.21. The molecule has 4 aromatic rings. The number of fused-ring (bicyclic) bond motifs is 1. The summed E-state index contributed by atoms with van der Waals surface area (Å²) in [5.74, 6) is 0. The minimum Gasteiger partial charge on any atom is -0.0622 e. The molecule has 0 radical (unpaired) electrons. The predicted molar refractivity (Wildman–Crippen MR) is 105 cm³/mol. The van der Waals surface area contributed by atoms with E-state index >= 15 is 0 Å². The first-order chi connectivity index (χ1) is 11.9. The summed E-state index contributed by atoms with van der Waals surface area (Å²) in [5, 5.41) is 2.56. The Labute approximate surface area is 142 Å². The van der Waals surface area contributed by atoms with Crippen LogP contribution in [0.15, 0.2) is 97.1 Å². The molecule has 4 aromatic carbocycles. The van der Waals surface area contributed by atoms with Crippen molar-refractivity contribution in [2.24, 2.45) is 0 Å². The summed E-state index contributed by atoms with van der Waals surface area (Å²) in [6.07, 6.45) is 4.34. The summed E-state index contributed by atoms with van der Waals surface area (Å²) in [4.78, 5) is 0. The van der Waals surface area contributed by atoms with Crippen LogP contribution in [0.2, 0.25) is 0 Å². The van der Waals surface area contributed by atoms with E-state index in [9.17, 15) is 0 Å². The van der Waals surface area contributed by atoms with E-state index in [1.165, 1.54) is 33.0 Å². The summed E-state index contributed by atoms with van der Waals surface area (Å²) in [6.45, 7) is 0. The summed E-state index contributed by atoms with van der Waals surface area (Å²) in [7, 11) is 0. The molecule has 0 fully saturated rings. The Morgan fingerprint density at radius 1 is 0.417 bits per heavy atom. The highest BCUT2D eigenvalue weighted by molar-refractivity contribution is 5.86. The topological polar surface area (TPSA) is 0 Å². The van der Waals surface area contributed by atoms with E-state index in [0.29, 0.717) is 0 Å². The standard InChI is InChI=1S/C24H18/c1-2-6-21(7-3-1)23-15-12-19(13-16-23)10-11-20-14-17-22-8-4-5-9-24(22)18-20/h1-18H/b11-10+. The van der Waals surface area contributed by atoms with Gasteiger partial charge in [-0.1, -0.05) is 103 Å². The lowest BCUT2D eigenvalue weighted by Crippen LogP contribution is -1.78. The fraction of sp³-hybridized carbons (Fsp3) is 0. The molecule has 0 heteroatoms. The van der Waals surface area contributed by atoms with Gasteiger partial charge in [0.05, 0.1) is 0 Å². The van der Waals surface area contributed by atoms with E-state index in [1.807, 2.05) is 6.07 Å². The van der Waals surface area contributed by atoms with Gasteiger partial charge in [-0.05, 0) is 39.1 Å². The van der Waals surface area contributed by atoms with Crippen molar-refractivity contribution in [3.8, 4) is 11.1 Å². The van der Waals surface area contributed by atoms with Gasteiger partial charge in [0.15, 0.2) is 0 Å². The van der Waals surface area contributed by atoms with Gasteiger partial charge in [0, 0.05) is 0 Å². The van der Waals surface area contributed by atoms with Gasteiger partial charge in [-0.2, -0.15) is 0 Å². The third-order valence-electron chi connectivity index (χ3n) is 4.26. The van der Waals surface area contributed by atoms with Crippen LogP contribution >= 0.6 is 0 Å². The number of rotatable bonds is 3. The molecule has 0 saturated heterocycles. The van der Waals surface area contributed by atoms with Crippen LogP contribution in [-0.2, 0) is 0 Å². The molecule has 0 aliphatic rings.